The van der Waals surface area contributed by atoms with Crippen LogP contribution < -0.4 is 0 Å². The first-order chi connectivity index (χ1) is 20.6. The Hall–Kier alpha value is 0.604. The molecule has 3 nitrogen and oxygen atoms in total. The minimum atomic E-state index is -2.32. The number of halogens is 1. The molecule has 0 saturated carbocycles. The lowest BCUT2D eigenvalue weighted by molar-refractivity contribution is 0.122. The molecule has 0 aliphatic carbocycles. The molecule has 0 unspecified atom stereocenters. The van der Waals surface area contributed by atoms with Gasteiger partial charge in [-0.2, -0.15) is 11.1 Å². The summed E-state index contributed by atoms with van der Waals surface area (Å²) >= 11 is 7.01. The second-order valence-electron chi connectivity index (χ2n) is 14.2. The van der Waals surface area contributed by atoms with Crippen molar-refractivity contribution in [3.63, 3.8) is 0 Å². The zero-order valence-corrected chi connectivity index (χ0v) is 33.9. The Morgan fingerprint density at radius 2 is 0.674 bits per heavy atom. The molecule has 0 fully saturated rings. The Morgan fingerprint density at radius 1 is 0.419 bits per heavy atom. The van der Waals surface area contributed by atoms with E-state index in [1.807, 2.05) is 0 Å². The molecule has 43 heavy (non-hydrogen) atoms. The Labute approximate surface area is 279 Å². The molecular formula is C37H81ClO3Si2. The van der Waals surface area contributed by atoms with E-state index in [9.17, 15) is 0 Å². The standard InChI is InChI=1S/C21H46O3Si.C16H35ClSi/c1-5-6-7-8-9-10-11-12-13-14-15-16-17-18-19-20-21-25(22-2,23-3)24-4;1-6-7-8-9-10-11-12-18(17,13-15(2)3)14-16(4)5/h5-21H2,1-4H3;15-16H,6-14H2,1-5H3. The number of rotatable bonds is 31. The maximum atomic E-state index is 7.01. The summed E-state index contributed by atoms with van der Waals surface area (Å²) in [5, 5.41) is 0. The average molecular weight is 666 g/mol. The molecule has 0 heterocycles. The van der Waals surface area contributed by atoms with Crippen LogP contribution in [0.3, 0.4) is 0 Å². The second kappa shape index (κ2) is 32.5. The molecule has 0 saturated heterocycles. The lowest BCUT2D eigenvalue weighted by Crippen LogP contribution is -2.42. The first-order valence-electron chi connectivity index (χ1n) is 19.0. The largest absolute Gasteiger partial charge is 0.500 e. The minimum Gasteiger partial charge on any atom is -0.377 e. The van der Waals surface area contributed by atoms with Gasteiger partial charge in [-0.3, -0.25) is 0 Å². The van der Waals surface area contributed by atoms with E-state index in [2.05, 4.69) is 41.5 Å². The van der Waals surface area contributed by atoms with Crippen molar-refractivity contribution in [2.24, 2.45) is 11.8 Å². The Morgan fingerprint density at radius 3 is 0.930 bits per heavy atom. The molecule has 262 valence electrons. The lowest BCUT2D eigenvalue weighted by atomic mass is 10.0. The van der Waals surface area contributed by atoms with Gasteiger partial charge in [0.25, 0.3) is 0 Å². The van der Waals surface area contributed by atoms with Gasteiger partial charge >= 0.3 is 8.80 Å². The van der Waals surface area contributed by atoms with Crippen LogP contribution in [0.2, 0.25) is 24.2 Å². The summed E-state index contributed by atoms with van der Waals surface area (Å²) in [6.45, 7) is 13.9. The van der Waals surface area contributed by atoms with Crippen molar-refractivity contribution in [1.82, 2.24) is 0 Å². The van der Waals surface area contributed by atoms with Crippen LogP contribution in [0.15, 0.2) is 0 Å². The van der Waals surface area contributed by atoms with Gasteiger partial charge in [-0.1, -0.05) is 176 Å². The van der Waals surface area contributed by atoms with Crippen molar-refractivity contribution in [2.75, 3.05) is 21.3 Å². The third-order valence-corrected chi connectivity index (χ3v) is 17.5. The molecule has 0 aliphatic rings. The predicted octanol–water partition coefficient (Wildman–Crippen LogP) is 14.0. The fourth-order valence-corrected chi connectivity index (χ4v) is 14.9. The molecule has 0 aromatic carbocycles. The van der Waals surface area contributed by atoms with Gasteiger partial charge in [-0.05, 0) is 36.4 Å². The van der Waals surface area contributed by atoms with E-state index >= 15 is 0 Å². The van der Waals surface area contributed by atoms with Gasteiger partial charge in [-0.15, -0.1) is 0 Å². The molecule has 6 heteroatoms. The van der Waals surface area contributed by atoms with Crippen molar-refractivity contribution in [3.8, 4) is 0 Å². The normalized spacial score (nSPS) is 12.3. The molecule has 0 amide bonds. The summed E-state index contributed by atoms with van der Waals surface area (Å²) in [5.41, 5.74) is 0. The van der Waals surface area contributed by atoms with Crippen LogP contribution in [0.1, 0.15) is 183 Å². The molecule has 0 aliphatic heterocycles. The quantitative estimate of drug-likeness (QED) is 0.0419. The highest BCUT2D eigenvalue weighted by Crippen LogP contribution is 2.34. The average Bonchev–Trinajstić information content (AvgIpc) is 2.96. The summed E-state index contributed by atoms with van der Waals surface area (Å²) in [6, 6.07) is 4.90. The molecule has 0 spiro atoms. The van der Waals surface area contributed by atoms with Crippen LogP contribution in [0, 0.1) is 11.8 Å². The highest BCUT2D eigenvalue weighted by molar-refractivity contribution is 7.20. The van der Waals surface area contributed by atoms with Crippen LogP contribution in [0.25, 0.3) is 0 Å². The van der Waals surface area contributed by atoms with Crippen molar-refractivity contribution < 1.29 is 13.3 Å². The molecule has 0 bridgehead atoms. The van der Waals surface area contributed by atoms with Gasteiger partial charge in [-0.25, -0.2) is 0 Å². The molecule has 0 aromatic heterocycles. The van der Waals surface area contributed by atoms with E-state index in [-0.39, 0.29) is 0 Å². The van der Waals surface area contributed by atoms with Crippen LogP contribution in [0.4, 0.5) is 0 Å². The van der Waals surface area contributed by atoms with Crippen LogP contribution >= 0.6 is 11.1 Å². The van der Waals surface area contributed by atoms with Crippen LogP contribution in [-0.4, -0.2) is 37.5 Å². The summed E-state index contributed by atoms with van der Waals surface area (Å²) in [6.07, 6.45) is 30.7. The zero-order valence-electron chi connectivity index (χ0n) is 31.1. The van der Waals surface area contributed by atoms with Gasteiger partial charge in [0.2, 0.25) is 0 Å². The first-order valence-corrected chi connectivity index (χ1v) is 24.5. The molecule has 0 atom stereocenters. The summed E-state index contributed by atoms with van der Waals surface area (Å²) in [7, 11) is 1.30. The smallest absolute Gasteiger partial charge is 0.377 e. The van der Waals surface area contributed by atoms with Crippen molar-refractivity contribution in [2.45, 2.75) is 207 Å². The summed E-state index contributed by atoms with van der Waals surface area (Å²) in [5.74, 6) is 1.54. The van der Waals surface area contributed by atoms with Crippen molar-refractivity contribution in [1.29, 1.82) is 0 Å². The van der Waals surface area contributed by atoms with Gasteiger partial charge in [0.05, 0.1) is 0 Å². The van der Waals surface area contributed by atoms with Gasteiger partial charge in [0.15, 0.2) is 7.38 Å². The van der Waals surface area contributed by atoms with E-state index in [1.54, 1.807) is 21.3 Å². The zero-order chi connectivity index (χ0) is 32.7. The number of hydrogen-bond acceptors (Lipinski definition) is 3. The first kappa shape index (κ1) is 45.7. The number of unbranched alkanes of at least 4 members (excludes halogenated alkanes) is 20. The lowest BCUT2D eigenvalue weighted by Gasteiger charge is -2.28. The second-order valence-corrected chi connectivity index (χ2v) is 23.3. The third-order valence-electron chi connectivity index (χ3n) is 8.80. The third kappa shape index (κ3) is 31.0. The Bertz CT molecular complexity index is 526. The minimum absolute atomic E-state index is 0.771. The van der Waals surface area contributed by atoms with E-state index in [4.69, 9.17) is 24.4 Å². The van der Waals surface area contributed by atoms with E-state index in [0.717, 1.165) is 24.3 Å². The fourth-order valence-electron chi connectivity index (χ4n) is 6.42. The maximum absolute atomic E-state index is 7.01. The molecule has 0 rings (SSSR count). The Kier molecular flexibility index (Phi) is 34.6. The van der Waals surface area contributed by atoms with Crippen LogP contribution in [-0.2, 0) is 13.3 Å². The van der Waals surface area contributed by atoms with E-state index < -0.39 is 16.2 Å². The van der Waals surface area contributed by atoms with E-state index in [1.165, 1.54) is 153 Å². The summed E-state index contributed by atoms with van der Waals surface area (Å²) < 4.78 is 16.4. The molecular weight excluding hydrogens is 584 g/mol. The van der Waals surface area contributed by atoms with Crippen molar-refractivity contribution >= 4 is 27.3 Å². The van der Waals surface area contributed by atoms with Gasteiger partial charge in [0.1, 0.15) is 0 Å². The summed E-state index contributed by atoms with van der Waals surface area (Å²) in [4.78, 5) is 0. The van der Waals surface area contributed by atoms with Gasteiger partial charge < -0.3 is 13.3 Å². The molecule has 0 aromatic rings. The SMILES string of the molecule is CCCCCCCCCCCCCCCCCC[Si](OC)(OC)OC.CCCCCCCC[Si](Cl)(CC(C)C)CC(C)C. The highest BCUT2D eigenvalue weighted by Gasteiger charge is 2.36. The van der Waals surface area contributed by atoms with Gasteiger partial charge in [0, 0.05) is 27.4 Å². The molecule has 0 N–H and O–H groups in total. The maximum Gasteiger partial charge on any atom is 0.500 e. The molecule has 0 radical (unpaired) electrons. The predicted molar refractivity (Wildman–Crippen MR) is 200 cm³/mol. The fraction of sp³-hybridized carbons (Fsp3) is 1.00. The topological polar surface area (TPSA) is 27.7 Å². The van der Waals surface area contributed by atoms with Crippen LogP contribution in [0.5, 0.6) is 0 Å². The van der Waals surface area contributed by atoms with Crippen molar-refractivity contribution in [3.05, 3.63) is 0 Å². The Balaban J connectivity index is 0. The monoisotopic (exact) mass is 665 g/mol. The highest BCUT2D eigenvalue weighted by atomic mass is 35.6. The number of hydrogen-bond donors (Lipinski definition) is 0. The van der Waals surface area contributed by atoms with E-state index in [0.29, 0.717) is 0 Å².